The van der Waals surface area contributed by atoms with E-state index in [2.05, 4.69) is 30.1 Å². The van der Waals surface area contributed by atoms with Gasteiger partial charge in [-0.05, 0) is 32.3 Å². The first-order chi connectivity index (χ1) is 9.75. The van der Waals surface area contributed by atoms with Gasteiger partial charge in [0.1, 0.15) is 5.75 Å². The Morgan fingerprint density at radius 1 is 1.40 bits per heavy atom. The lowest BCUT2D eigenvalue weighted by molar-refractivity contribution is 0.209. The smallest absolute Gasteiger partial charge is 0.123 e. The average molecular weight is 288 g/mol. The van der Waals surface area contributed by atoms with Gasteiger partial charge in [0, 0.05) is 22.4 Å². The van der Waals surface area contributed by atoms with Gasteiger partial charge in [0.05, 0.1) is 17.8 Å². The summed E-state index contributed by atoms with van der Waals surface area (Å²) >= 11 is 1.75. The van der Waals surface area contributed by atoms with Crippen molar-refractivity contribution in [2.45, 2.75) is 31.6 Å². The lowest BCUT2D eigenvalue weighted by atomic mass is 9.72. The Morgan fingerprint density at radius 2 is 2.25 bits per heavy atom. The third-order valence-electron chi connectivity index (χ3n) is 4.36. The number of ether oxygens (including phenoxy) is 1. The maximum Gasteiger partial charge on any atom is 0.123 e. The molecule has 0 saturated carbocycles. The van der Waals surface area contributed by atoms with Crippen molar-refractivity contribution in [3.8, 4) is 5.75 Å². The Balaban J connectivity index is 1.87. The molecule has 1 atom stereocenters. The predicted molar refractivity (Wildman–Crippen MR) is 82.5 cm³/mol. The van der Waals surface area contributed by atoms with E-state index in [4.69, 9.17) is 10.5 Å². The zero-order valence-corrected chi connectivity index (χ0v) is 12.6. The van der Waals surface area contributed by atoms with Crippen LogP contribution in [0.5, 0.6) is 5.75 Å². The Morgan fingerprint density at radius 3 is 3.00 bits per heavy atom. The molecule has 0 amide bonds. The van der Waals surface area contributed by atoms with Gasteiger partial charge in [0.2, 0.25) is 0 Å². The van der Waals surface area contributed by atoms with Crippen molar-refractivity contribution >= 4 is 11.3 Å². The van der Waals surface area contributed by atoms with Crippen molar-refractivity contribution in [1.29, 1.82) is 0 Å². The first-order valence-electron chi connectivity index (χ1n) is 7.06. The molecule has 1 aromatic carbocycles. The molecule has 0 bridgehead atoms. The highest BCUT2D eigenvalue weighted by atomic mass is 32.1. The first kappa shape index (κ1) is 13.6. The second-order valence-electron chi connectivity index (χ2n) is 5.44. The molecule has 20 heavy (non-hydrogen) atoms. The van der Waals surface area contributed by atoms with Crippen LogP contribution in [0.4, 0.5) is 0 Å². The van der Waals surface area contributed by atoms with Crippen molar-refractivity contribution in [2.75, 3.05) is 13.2 Å². The summed E-state index contributed by atoms with van der Waals surface area (Å²) in [4.78, 5) is 5.71. The maximum absolute atomic E-state index is 6.16. The molecule has 1 aliphatic rings. The number of para-hydroxylation sites is 1. The molecule has 2 N–H and O–H groups in total. The Kier molecular flexibility index (Phi) is 3.76. The summed E-state index contributed by atoms with van der Waals surface area (Å²) in [6.07, 6.45) is 3.10. The lowest BCUT2D eigenvalue weighted by Crippen LogP contribution is -2.40. The summed E-state index contributed by atoms with van der Waals surface area (Å²) in [6, 6.07) is 8.33. The highest BCUT2D eigenvalue weighted by Crippen LogP contribution is 2.41. The molecule has 1 unspecified atom stereocenters. The largest absolute Gasteiger partial charge is 0.493 e. The van der Waals surface area contributed by atoms with Crippen LogP contribution in [0.2, 0.25) is 0 Å². The standard InChI is InChI=1S/C16H20N2OS/c1-12-15(20-11-18-12)6-7-16(10-17)8-9-19-14-5-3-2-4-13(14)16/h2-5,11H,6-10,17H2,1H3. The third-order valence-corrected chi connectivity index (χ3v) is 5.36. The molecule has 0 fully saturated rings. The normalized spacial score (nSPS) is 21.3. The molecule has 3 nitrogen and oxygen atoms in total. The molecule has 0 radical (unpaired) electrons. The zero-order valence-electron chi connectivity index (χ0n) is 11.8. The number of aryl methyl sites for hydroxylation is 2. The second-order valence-corrected chi connectivity index (χ2v) is 6.38. The molecule has 106 valence electrons. The second kappa shape index (κ2) is 5.54. The Labute approximate surface area is 123 Å². The number of aromatic nitrogens is 1. The highest BCUT2D eigenvalue weighted by Gasteiger charge is 2.36. The minimum atomic E-state index is 0.0469. The summed E-state index contributed by atoms with van der Waals surface area (Å²) in [6.45, 7) is 3.51. The summed E-state index contributed by atoms with van der Waals surface area (Å²) in [7, 11) is 0. The number of nitrogens with zero attached hydrogens (tertiary/aromatic N) is 1. The zero-order chi connectivity index (χ0) is 14.0. The fourth-order valence-corrected chi connectivity index (χ4v) is 3.80. The van der Waals surface area contributed by atoms with E-state index in [0.717, 1.165) is 37.3 Å². The minimum Gasteiger partial charge on any atom is -0.493 e. The fraction of sp³-hybridized carbons (Fsp3) is 0.438. The number of fused-ring (bicyclic) bond motifs is 1. The number of rotatable bonds is 4. The van der Waals surface area contributed by atoms with Gasteiger partial charge in [-0.1, -0.05) is 18.2 Å². The summed E-state index contributed by atoms with van der Waals surface area (Å²) in [5.74, 6) is 1.00. The predicted octanol–water partition coefficient (Wildman–Crippen LogP) is 3.06. The molecular weight excluding hydrogens is 268 g/mol. The number of hydrogen-bond acceptors (Lipinski definition) is 4. The summed E-state index contributed by atoms with van der Waals surface area (Å²) in [5, 5.41) is 0. The molecule has 1 aromatic heterocycles. The van der Waals surface area contributed by atoms with Crippen LogP contribution in [0.1, 0.15) is 29.0 Å². The van der Waals surface area contributed by atoms with Crippen LogP contribution in [0.25, 0.3) is 0 Å². The van der Waals surface area contributed by atoms with Gasteiger partial charge >= 0.3 is 0 Å². The molecular formula is C16H20N2OS. The molecule has 0 saturated heterocycles. The van der Waals surface area contributed by atoms with Crippen LogP contribution >= 0.6 is 11.3 Å². The molecule has 0 spiro atoms. The van der Waals surface area contributed by atoms with E-state index in [1.54, 1.807) is 11.3 Å². The molecule has 1 aliphatic heterocycles. The first-order valence-corrected chi connectivity index (χ1v) is 7.94. The lowest BCUT2D eigenvalue weighted by Gasteiger charge is -2.38. The van der Waals surface area contributed by atoms with E-state index in [1.165, 1.54) is 10.4 Å². The summed E-state index contributed by atoms with van der Waals surface area (Å²) < 4.78 is 5.78. The average Bonchev–Trinajstić information content (AvgIpc) is 2.90. The number of hydrogen-bond donors (Lipinski definition) is 1. The minimum absolute atomic E-state index is 0.0469. The highest BCUT2D eigenvalue weighted by molar-refractivity contribution is 7.09. The number of benzene rings is 1. The van der Waals surface area contributed by atoms with Crippen LogP contribution in [0.3, 0.4) is 0 Å². The molecule has 2 heterocycles. The van der Waals surface area contributed by atoms with Crippen molar-refractivity contribution in [3.05, 3.63) is 45.9 Å². The topological polar surface area (TPSA) is 48.1 Å². The van der Waals surface area contributed by atoms with E-state index in [-0.39, 0.29) is 5.41 Å². The van der Waals surface area contributed by atoms with E-state index < -0.39 is 0 Å². The van der Waals surface area contributed by atoms with E-state index in [0.29, 0.717) is 6.54 Å². The van der Waals surface area contributed by atoms with Crippen LogP contribution in [0.15, 0.2) is 29.8 Å². The molecule has 3 rings (SSSR count). The van der Waals surface area contributed by atoms with Gasteiger partial charge in [-0.3, -0.25) is 0 Å². The van der Waals surface area contributed by atoms with E-state index in [1.807, 2.05) is 11.6 Å². The summed E-state index contributed by atoms with van der Waals surface area (Å²) in [5.41, 5.74) is 10.6. The van der Waals surface area contributed by atoms with Gasteiger partial charge in [0.25, 0.3) is 0 Å². The van der Waals surface area contributed by atoms with Crippen molar-refractivity contribution in [3.63, 3.8) is 0 Å². The maximum atomic E-state index is 6.16. The van der Waals surface area contributed by atoms with Gasteiger partial charge in [-0.2, -0.15) is 0 Å². The molecule has 4 heteroatoms. The van der Waals surface area contributed by atoms with Crippen LogP contribution in [-0.2, 0) is 11.8 Å². The Bertz CT molecular complexity index is 596. The van der Waals surface area contributed by atoms with Gasteiger partial charge in [-0.15, -0.1) is 11.3 Å². The van der Waals surface area contributed by atoms with Crippen LogP contribution in [0, 0.1) is 6.92 Å². The Hall–Kier alpha value is -1.39. The molecule has 2 aromatic rings. The van der Waals surface area contributed by atoms with Gasteiger partial charge < -0.3 is 10.5 Å². The fourth-order valence-electron chi connectivity index (χ4n) is 3.01. The number of nitrogens with two attached hydrogens (primary N) is 1. The van der Waals surface area contributed by atoms with Gasteiger partial charge in [0.15, 0.2) is 0 Å². The van der Waals surface area contributed by atoms with Crippen LogP contribution < -0.4 is 10.5 Å². The quantitative estimate of drug-likeness (QED) is 0.940. The van der Waals surface area contributed by atoms with Gasteiger partial charge in [-0.25, -0.2) is 4.98 Å². The third kappa shape index (κ3) is 2.34. The van der Waals surface area contributed by atoms with Crippen molar-refractivity contribution in [1.82, 2.24) is 4.98 Å². The monoisotopic (exact) mass is 288 g/mol. The molecule has 0 aliphatic carbocycles. The SMILES string of the molecule is Cc1ncsc1CCC1(CN)CCOc2ccccc21. The van der Waals surface area contributed by atoms with E-state index >= 15 is 0 Å². The van der Waals surface area contributed by atoms with E-state index in [9.17, 15) is 0 Å². The van der Waals surface area contributed by atoms with Crippen molar-refractivity contribution in [2.24, 2.45) is 5.73 Å². The van der Waals surface area contributed by atoms with Crippen LogP contribution in [-0.4, -0.2) is 18.1 Å². The van der Waals surface area contributed by atoms with Crippen molar-refractivity contribution < 1.29 is 4.74 Å². The number of thiazole rings is 1.